The average molecular weight is 312 g/mol. The molecule has 21 heavy (non-hydrogen) atoms. The first kappa shape index (κ1) is 15.1. The third-order valence-corrected chi connectivity index (χ3v) is 2.60. The highest BCUT2D eigenvalue weighted by atomic mass is 35.5. The van der Waals surface area contributed by atoms with Crippen molar-refractivity contribution >= 4 is 17.3 Å². The summed E-state index contributed by atoms with van der Waals surface area (Å²) in [6, 6.07) is 5.69. The Balaban J connectivity index is 1.97. The average Bonchev–Trinajstić information content (AvgIpc) is 2.45. The van der Waals surface area contributed by atoms with Gasteiger partial charge >= 0.3 is 6.18 Å². The first-order chi connectivity index (χ1) is 9.95. The van der Waals surface area contributed by atoms with Crippen molar-refractivity contribution in [3.8, 4) is 11.8 Å². The van der Waals surface area contributed by atoms with Crippen molar-refractivity contribution in [1.29, 1.82) is 0 Å². The molecule has 1 N–H and O–H groups in total. The molecular weight excluding hydrogens is 303 g/mol. The van der Waals surface area contributed by atoms with Gasteiger partial charge in [-0.3, -0.25) is 4.98 Å². The van der Waals surface area contributed by atoms with Crippen LogP contribution >= 0.6 is 11.6 Å². The number of aromatic nitrogens is 2. The quantitative estimate of drug-likeness (QED) is 0.861. The summed E-state index contributed by atoms with van der Waals surface area (Å²) in [7, 11) is 0. The number of halogens is 4. The van der Waals surface area contributed by atoms with Gasteiger partial charge in [-0.15, -0.1) is 0 Å². The maximum atomic E-state index is 12.5. The normalized spacial score (nSPS) is 10.7. The molecule has 0 aliphatic rings. The van der Waals surface area contributed by atoms with Crippen LogP contribution < -0.4 is 5.32 Å². The summed E-state index contributed by atoms with van der Waals surface area (Å²) < 4.78 is 37.4. The van der Waals surface area contributed by atoms with Crippen LogP contribution in [0.4, 0.5) is 18.9 Å². The highest BCUT2D eigenvalue weighted by molar-refractivity contribution is 6.30. The van der Waals surface area contributed by atoms with Gasteiger partial charge in [0.1, 0.15) is 11.4 Å². The van der Waals surface area contributed by atoms with E-state index in [0.717, 1.165) is 12.3 Å². The third-order valence-electron chi connectivity index (χ3n) is 2.38. The monoisotopic (exact) mass is 311 g/mol. The van der Waals surface area contributed by atoms with Crippen molar-refractivity contribution in [3.05, 3.63) is 53.1 Å². The Hall–Kier alpha value is -2.26. The van der Waals surface area contributed by atoms with E-state index in [-0.39, 0.29) is 6.54 Å². The van der Waals surface area contributed by atoms with Crippen molar-refractivity contribution in [2.75, 3.05) is 11.9 Å². The van der Waals surface area contributed by atoms with Crippen LogP contribution in [-0.4, -0.2) is 16.5 Å². The van der Waals surface area contributed by atoms with Gasteiger partial charge < -0.3 is 5.32 Å². The number of nitrogens with zero attached hydrogens (tertiary/aromatic N) is 2. The molecule has 2 heterocycles. The number of alkyl halides is 3. The van der Waals surface area contributed by atoms with Crippen LogP contribution in [0.5, 0.6) is 0 Å². The lowest BCUT2D eigenvalue weighted by Gasteiger charge is -2.07. The Bertz CT molecular complexity index is 672. The van der Waals surface area contributed by atoms with Gasteiger partial charge in [0.25, 0.3) is 0 Å². The van der Waals surface area contributed by atoms with Crippen LogP contribution in [-0.2, 0) is 6.18 Å². The summed E-state index contributed by atoms with van der Waals surface area (Å²) in [5.41, 5.74) is -0.109. The van der Waals surface area contributed by atoms with E-state index in [1.165, 1.54) is 12.3 Å². The van der Waals surface area contributed by atoms with Gasteiger partial charge in [0.05, 0.1) is 11.6 Å². The van der Waals surface area contributed by atoms with Gasteiger partial charge in [0.15, 0.2) is 0 Å². The Morgan fingerprint density at radius 1 is 1.19 bits per heavy atom. The van der Waals surface area contributed by atoms with Crippen molar-refractivity contribution in [2.24, 2.45) is 0 Å². The summed E-state index contributed by atoms with van der Waals surface area (Å²) in [5, 5.41) is 3.28. The lowest BCUT2D eigenvalue weighted by Crippen LogP contribution is -2.09. The van der Waals surface area contributed by atoms with E-state index < -0.39 is 11.9 Å². The zero-order valence-corrected chi connectivity index (χ0v) is 11.3. The summed E-state index contributed by atoms with van der Waals surface area (Å²) in [4.78, 5) is 7.25. The zero-order valence-electron chi connectivity index (χ0n) is 10.6. The molecule has 0 saturated carbocycles. The molecule has 2 rings (SSSR count). The lowest BCUT2D eigenvalue weighted by atomic mass is 10.3. The fourth-order valence-corrected chi connectivity index (χ4v) is 1.54. The van der Waals surface area contributed by atoms with Crippen molar-refractivity contribution in [3.63, 3.8) is 0 Å². The molecule has 0 radical (unpaired) electrons. The Labute approximate surface area is 124 Å². The molecule has 2 aromatic rings. The third kappa shape index (κ3) is 4.65. The largest absolute Gasteiger partial charge is 0.433 e. The first-order valence-electron chi connectivity index (χ1n) is 5.83. The molecule has 0 unspecified atom stereocenters. The van der Waals surface area contributed by atoms with Gasteiger partial charge in [-0.1, -0.05) is 17.5 Å². The van der Waals surface area contributed by atoms with Crippen molar-refractivity contribution in [1.82, 2.24) is 9.97 Å². The first-order valence-corrected chi connectivity index (χ1v) is 6.20. The topological polar surface area (TPSA) is 37.8 Å². The summed E-state index contributed by atoms with van der Waals surface area (Å²) in [6.07, 6.45) is -1.90. The Morgan fingerprint density at radius 3 is 2.67 bits per heavy atom. The Kier molecular flexibility index (Phi) is 4.66. The van der Waals surface area contributed by atoms with Crippen molar-refractivity contribution in [2.45, 2.75) is 6.18 Å². The molecule has 2 aromatic heterocycles. The predicted molar refractivity (Wildman–Crippen MR) is 73.9 cm³/mol. The molecule has 0 aliphatic carbocycles. The summed E-state index contributed by atoms with van der Waals surface area (Å²) in [6.45, 7) is 0.186. The lowest BCUT2D eigenvalue weighted by molar-refractivity contribution is -0.141. The van der Waals surface area contributed by atoms with Crippen LogP contribution in [0.3, 0.4) is 0 Å². The van der Waals surface area contributed by atoms with E-state index in [1.807, 2.05) is 0 Å². The minimum absolute atomic E-state index is 0.186. The van der Waals surface area contributed by atoms with Crippen LogP contribution in [0, 0.1) is 11.8 Å². The van der Waals surface area contributed by atoms with Crippen LogP contribution in [0.25, 0.3) is 0 Å². The molecule has 3 nitrogen and oxygen atoms in total. The zero-order chi connectivity index (χ0) is 15.3. The van der Waals surface area contributed by atoms with Crippen molar-refractivity contribution < 1.29 is 13.2 Å². The highest BCUT2D eigenvalue weighted by Gasteiger charge is 2.32. The standard InChI is InChI=1S/C14H9ClF3N3/c15-10-3-4-11(21-9-10)2-1-6-19-12-5-7-20-13(8-12)14(16,17)18/h3-5,7-9H,6H2,(H,19,20). The van der Waals surface area contributed by atoms with Gasteiger partial charge in [-0.2, -0.15) is 13.2 Å². The number of hydrogen-bond acceptors (Lipinski definition) is 3. The molecule has 0 aromatic carbocycles. The molecule has 0 fully saturated rings. The van der Waals surface area contributed by atoms with E-state index in [9.17, 15) is 13.2 Å². The molecule has 0 aliphatic heterocycles. The van der Waals surface area contributed by atoms with Crippen LogP contribution in [0.2, 0.25) is 5.02 Å². The predicted octanol–water partition coefficient (Wildman–Crippen LogP) is 3.61. The number of hydrogen-bond donors (Lipinski definition) is 1. The van der Waals surface area contributed by atoms with E-state index >= 15 is 0 Å². The molecule has 0 amide bonds. The fourth-order valence-electron chi connectivity index (χ4n) is 1.43. The second-order valence-corrected chi connectivity index (χ2v) is 4.38. The fraction of sp³-hybridized carbons (Fsp3) is 0.143. The molecule has 0 spiro atoms. The summed E-state index contributed by atoms with van der Waals surface area (Å²) in [5.74, 6) is 5.53. The molecule has 0 saturated heterocycles. The second-order valence-electron chi connectivity index (χ2n) is 3.94. The smallest absolute Gasteiger partial charge is 0.374 e. The van der Waals surface area contributed by atoms with E-state index in [1.54, 1.807) is 12.1 Å². The minimum atomic E-state index is -4.46. The highest BCUT2D eigenvalue weighted by Crippen LogP contribution is 2.28. The van der Waals surface area contributed by atoms with E-state index in [2.05, 4.69) is 27.1 Å². The SMILES string of the molecule is FC(F)(F)c1cc(NCC#Cc2ccc(Cl)cn2)ccn1. The van der Waals surface area contributed by atoms with Crippen LogP contribution in [0.1, 0.15) is 11.4 Å². The molecular formula is C14H9ClF3N3. The second kappa shape index (κ2) is 6.46. The number of nitrogens with one attached hydrogen (secondary N) is 1. The maximum absolute atomic E-state index is 12.5. The Morgan fingerprint density at radius 2 is 2.00 bits per heavy atom. The number of pyridine rings is 2. The van der Waals surface area contributed by atoms with Gasteiger partial charge in [-0.25, -0.2) is 4.98 Å². The van der Waals surface area contributed by atoms with E-state index in [0.29, 0.717) is 16.4 Å². The minimum Gasteiger partial charge on any atom is -0.374 e. The molecule has 0 bridgehead atoms. The summed E-state index contributed by atoms with van der Waals surface area (Å²) >= 11 is 5.68. The molecule has 0 atom stereocenters. The maximum Gasteiger partial charge on any atom is 0.433 e. The number of rotatable bonds is 2. The van der Waals surface area contributed by atoms with E-state index in [4.69, 9.17) is 11.6 Å². The van der Waals surface area contributed by atoms with Gasteiger partial charge in [0.2, 0.25) is 0 Å². The molecule has 7 heteroatoms. The van der Waals surface area contributed by atoms with Gasteiger partial charge in [0, 0.05) is 18.1 Å². The number of anilines is 1. The van der Waals surface area contributed by atoms with Gasteiger partial charge in [-0.05, 0) is 30.2 Å². The molecule has 108 valence electrons. The van der Waals surface area contributed by atoms with Crippen LogP contribution in [0.15, 0.2) is 36.7 Å².